The summed E-state index contributed by atoms with van der Waals surface area (Å²) in [5.74, 6) is -0.814. The van der Waals surface area contributed by atoms with Crippen molar-refractivity contribution in [2.45, 2.75) is 277 Å². The molecule has 0 aliphatic heterocycles. The van der Waals surface area contributed by atoms with Gasteiger partial charge in [0.05, 0.1) is 27.7 Å². The van der Waals surface area contributed by atoms with Crippen molar-refractivity contribution in [3.8, 4) is 0 Å². The summed E-state index contributed by atoms with van der Waals surface area (Å²) in [6, 6.07) is 0. The van der Waals surface area contributed by atoms with Crippen LogP contribution in [0.4, 0.5) is 0 Å². The number of hydrogen-bond acceptors (Lipinski definition) is 7. The Kier molecular flexibility index (Phi) is 63.7. The lowest BCUT2D eigenvalue weighted by atomic mass is 10.0. The number of carbonyl (C=O) groups excluding carboxylic acids is 2. The summed E-state index contributed by atoms with van der Waals surface area (Å²) in [7, 11) is 1.45. The minimum absolute atomic E-state index is 0.0221. The van der Waals surface area contributed by atoms with Crippen molar-refractivity contribution in [2.75, 3.05) is 47.5 Å². The third-order valence-electron chi connectivity index (χ3n) is 14.6. The minimum Gasteiger partial charge on any atom is -0.462 e. The second kappa shape index (κ2) is 67.0. The van der Waals surface area contributed by atoms with Gasteiger partial charge in [0.25, 0.3) is 0 Å². The van der Waals surface area contributed by atoms with Crippen LogP contribution in [0, 0.1) is 0 Å². The van der Waals surface area contributed by atoms with Crippen LogP contribution in [-0.2, 0) is 32.7 Å². The number of ether oxygens (including phenoxy) is 2. The summed E-state index contributed by atoms with van der Waals surface area (Å²) < 4.78 is 34.7. The van der Waals surface area contributed by atoms with E-state index < -0.39 is 26.5 Å². The molecule has 0 aromatic heterocycles. The molecular formula is C78H131NO8P+. The fraction of sp³-hybridized carbons (Fsp3) is 0.641. The second-order valence-corrected chi connectivity index (χ2v) is 25.6. The Bertz CT molecular complexity index is 2040. The van der Waals surface area contributed by atoms with Crippen LogP contribution in [0.15, 0.2) is 158 Å². The number of rotatable bonds is 63. The van der Waals surface area contributed by atoms with Crippen LogP contribution in [-0.4, -0.2) is 74.9 Å². The molecule has 0 bridgehead atoms. The van der Waals surface area contributed by atoms with Crippen molar-refractivity contribution in [1.29, 1.82) is 0 Å². The number of unbranched alkanes of at least 4 members (excludes halogenated alkanes) is 23. The molecule has 10 heteroatoms. The fourth-order valence-electron chi connectivity index (χ4n) is 9.24. The van der Waals surface area contributed by atoms with E-state index in [0.717, 1.165) is 128 Å². The average Bonchev–Trinajstić information content (AvgIpc) is 3.57. The molecule has 0 spiro atoms. The van der Waals surface area contributed by atoms with Gasteiger partial charge in [0.1, 0.15) is 19.8 Å². The number of allylic oxidation sites excluding steroid dienone is 26. The molecule has 9 nitrogen and oxygen atoms in total. The monoisotopic (exact) mass is 1240 g/mol. The molecule has 2 unspecified atom stereocenters. The van der Waals surface area contributed by atoms with Crippen LogP contribution < -0.4 is 0 Å². The molecule has 0 radical (unpaired) electrons. The lowest BCUT2D eigenvalue weighted by Gasteiger charge is -2.24. The van der Waals surface area contributed by atoms with E-state index in [2.05, 4.69) is 172 Å². The average molecular weight is 1240 g/mol. The topological polar surface area (TPSA) is 108 Å². The van der Waals surface area contributed by atoms with E-state index in [9.17, 15) is 19.0 Å². The molecule has 0 saturated carbocycles. The molecule has 0 aromatic carbocycles. The predicted octanol–water partition coefficient (Wildman–Crippen LogP) is 23.2. The Labute approximate surface area is 541 Å². The van der Waals surface area contributed by atoms with Crippen molar-refractivity contribution in [2.24, 2.45) is 0 Å². The van der Waals surface area contributed by atoms with Gasteiger partial charge < -0.3 is 18.9 Å². The van der Waals surface area contributed by atoms with Gasteiger partial charge in [0.15, 0.2) is 6.10 Å². The zero-order valence-electron chi connectivity index (χ0n) is 56.9. The van der Waals surface area contributed by atoms with Gasteiger partial charge in [-0.15, -0.1) is 0 Å². The van der Waals surface area contributed by atoms with Gasteiger partial charge in [-0.1, -0.05) is 294 Å². The van der Waals surface area contributed by atoms with Crippen LogP contribution in [0.2, 0.25) is 0 Å². The van der Waals surface area contributed by atoms with Gasteiger partial charge in [-0.2, -0.15) is 0 Å². The summed E-state index contributed by atoms with van der Waals surface area (Å²) in [5.41, 5.74) is 0. The Morgan fingerprint density at radius 3 is 0.909 bits per heavy atom. The van der Waals surface area contributed by atoms with E-state index in [4.69, 9.17) is 18.5 Å². The highest BCUT2D eigenvalue weighted by Gasteiger charge is 2.27. The molecule has 0 aliphatic rings. The van der Waals surface area contributed by atoms with Gasteiger partial charge >= 0.3 is 19.8 Å². The Morgan fingerprint density at radius 2 is 0.614 bits per heavy atom. The zero-order valence-corrected chi connectivity index (χ0v) is 57.8. The smallest absolute Gasteiger partial charge is 0.462 e. The molecule has 2 atom stereocenters. The summed E-state index contributed by atoms with van der Waals surface area (Å²) in [5, 5.41) is 0. The van der Waals surface area contributed by atoms with Gasteiger partial charge in [-0.05, 0) is 122 Å². The minimum atomic E-state index is -4.41. The molecule has 0 heterocycles. The standard InChI is InChI=1S/C78H130NO8P/c1-6-8-10-12-14-16-18-20-22-24-26-28-30-32-34-36-37-38-39-40-41-43-45-47-49-51-53-55-57-59-61-63-65-67-69-71-78(81)87-76(75-86-88(82,83)85-73-72-79(3,4)5)74-84-77(80)70-68-66-64-62-60-58-56-54-52-50-48-46-44-42-35-33-31-29-27-25-23-21-19-17-15-13-11-9-7-2/h8-11,14-17,20-23,26-29,32,34,37-38,40-41,45,47,51,53,76H,6-7,12-13,18-19,24-25,30-31,33,35-36,39,42-44,46,48-50,52,54-75H2,1-5H3/p+1/b10-8-,11-9-,16-14-,17-15-,22-20-,23-21-,28-26-,29-27-,34-32-,38-37-,41-40-,47-45-,53-51-. The highest BCUT2D eigenvalue weighted by atomic mass is 31.2. The first-order valence-corrected chi connectivity index (χ1v) is 36.7. The van der Waals surface area contributed by atoms with E-state index in [1.165, 1.54) is 109 Å². The summed E-state index contributed by atoms with van der Waals surface area (Å²) in [6.07, 6.45) is 101. The van der Waals surface area contributed by atoms with Crippen molar-refractivity contribution >= 4 is 19.8 Å². The van der Waals surface area contributed by atoms with Gasteiger partial charge in [0.2, 0.25) is 0 Å². The Balaban J connectivity index is 4.13. The van der Waals surface area contributed by atoms with E-state index in [1.807, 2.05) is 21.1 Å². The van der Waals surface area contributed by atoms with Crippen molar-refractivity contribution in [1.82, 2.24) is 0 Å². The summed E-state index contributed by atoms with van der Waals surface area (Å²) in [6.45, 7) is 4.20. The van der Waals surface area contributed by atoms with Crippen molar-refractivity contribution in [3.63, 3.8) is 0 Å². The number of likely N-dealkylation sites (N-methyl/N-ethyl adjacent to an activating group) is 1. The number of esters is 2. The molecular weight excluding hydrogens is 1110 g/mol. The SMILES string of the molecule is CC/C=C\C/C=C\C/C=C\C/C=C\C/C=C\C/C=C\C/C=C\C/C=C\C/C=C\CCCCCCCCCC(=O)OC(COC(=O)CCCCCCCCCCCCCCCCCC/C=C\C/C=C\C/C=C\C/C=C\CC)COP(=O)(O)OCC[N+](C)(C)C. The first-order chi connectivity index (χ1) is 43.0. The quantitative estimate of drug-likeness (QED) is 0.0211. The largest absolute Gasteiger partial charge is 0.472 e. The molecule has 0 fully saturated rings. The van der Waals surface area contributed by atoms with Gasteiger partial charge in [-0.3, -0.25) is 18.6 Å². The molecule has 500 valence electrons. The molecule has 0 saturated heterocycles. The van der Waals surface area contributed by atoms with Gasteiger partial charge in [-0.25, -0.2) is 4.57 Å². The molecule has 88 heavy (non-hydrogen) atoms. The number of phosphoric acid groups is 1. The molecule has 0 aliphatic carbocycles. The normalized spacial score (nSPS) is 14.1. The van der Waals surface area contributed by atoms with Crippen LogP contribution >= 0.6 is 7.82 Å². The lowest BCUT2D eigenvalue weighted by molar-refractivity contribution is -0.870. The molecule has 0 rings (SSSR count). The predicted molar refractivity (Wildman–Crippen MR) is 380 cm³/mol. The zero-order chi connectivity index (χ0) is 64.1. The number of quaternary nitrogens is 1. The van der Waals surface area contributed by atoms with E-state index in [-0.39, 0.29) is 32.0 Å². The molecule has 0 amide bonds. The first-order valence-electron chi connectivity index (χ1n) is 35.2. The third kappa shape index (κ3) is 70.7. The van der Waals surface area contributed by atoms with E-state index in [0.29, 0.717) is 17.4 Å². The highest BCUT2D eigenvalue weighted by molar-refractivity contribution is 7.47. The van der Waals surface area contributed by atoms with Crippen LogP contribution in [0.1, 0.15) is 271 Å². The lowest BCUT2D eigenvalue weighted by Crippen LogP contribution is -2.37. The van der Waals surface area contributed by atoms with Crippen LogP contribution in [0.3, 0.4) is 0 Å². The summed E-state index contributed by atoms with van der Waals surface area (Å²) >= 11 is 0. The fourth-order valence-corrected chi connectivity index (χ4v) is 9.98. The third-order valence-corrected chi connectivity index (χ3v) is 15.5. The number of nitrogens with zero attached hydrogens (tertiary/aromatic N) is 1. The van der Waals surface area contributed by atoms with Crippen molar-refractivity contribution < 1.29 is 42.1 Å². The number of carbonyl (C=O) groups is 2. The summed E-state index contributed by atoms with van der Waals surface area (Å²) in [4.78, 5) is 35.9. The molecule has 1 N–H and O–H groups in total. The highest BCUT2D eigenvalue weighted by Crippen LogP contribution is 2.43. The maximum Gasteiger partial charge on any atom is 0.472 e. The van der Waals surface area contributed by atoms with E-state index >= 15 is 0 Å². The van der Waals surface area contributed by atoms with Crippen LogP contribution in [0.5, 0.6) is 0 Å². The van der Waals surface area contributed by atoms with Crippen molar-refractivity contribution in [3.05, 3.63) is 158 Å². The number of hydrogen-bond donors (Lipinski definition) is 1. The second-order valence-electron chi connectivity index (χ2n) is 24.2. The van der Waals surface area contributed by atoms with Crippen LogP contribution in [0.25, 0.3) is 0 Å². The first kappa shape index (κ1) is 83.6. The molecule has 0 aromatic rings. The maximum absolute atomic E-state index is 12.9. The van der Waals surface area contributed by atoms with E-state index in [1.54, 1.807) is 0 Å². The number of phosphoric ester groups is 1. The van der Waals surface area contributed by atoms with Gasteiger partial charge in [0, 0.05) is 12.8 Å². The Hall–Kier alpha value is -4.37. The Morgan fingerprint density at radius 1 is 0.352 bits per heavy atom. The maximum atomic E-state index is 12.9.